The molecule has 0 saturated heterocycles. The molecule has 0 aromatic heterocycles. The van der Waals surface area contributed by atoms with E-state index in [-0.39, 0.29) is 11.3 Å². The zero-order valence-electron chi connectivity index (χ0n) is 20.9. The van der Waals surface area contributed by atoms with Crippen LogP contribution in [0, 0.1) is 0 Å². The van der Waals surface area contributed by atoms with E-state index in [4.69, 9.17) is 18.9 Å². The predicted octanol–water partition coefficient (Wildman–Crippen LogP) is 6.27. The summed E-state index contributed by atoms with van der Waals surface area (Å²) in [6.07, 6.45) is 5.31. The molecule has 1 aliphatic rings. The second kappa shape index (κ2) is 10.6. The number of carbonyl (C=O) groups is 1. The van der Waals surface area contributed by atoms with Crippen molar-refractivity contribution in [3.05, 3.63) is 89.0 Å². The average Bonchev–Trinajstić information content (AvgIpc) is 2.87. The number of aromatic hydroxyl groups is 1. The highest BCUT2D eigenvalue weighted by molar-refractivity contribution is 6.22. The van der Waals surface area contributed by atoms with Gasteiger partial charge in [-0.15, -0.1) is 0 Å². The summed E-state index contributed by atoms with van der Waals surface area (Å²) in [5.74, 6) is 1.11. The van der Waals surface area contributed by atoms with E-state index in [1.54, 1.807) is 36.4 Å². The lowest BCUT2D eigenvalue weighted by Crippen LogP contribution is -2.27. The van der Waals surface area contributed by atoms with Gasteiger partial charge in [0.1, 0.15) is 35.2 Å². The highest BCUT2D eigenvalue weighted by Crippen LogP contribution is 2.40. The molecular formula is C30H30O6. The fourth-order valence-electron chi connectivity index (χ4n) is 3.92. The van der Waals surface area contributed by atoms with Gasteiger partial charge < -0.3 is 24.1 Å². The highest BCUT2D eigenvalue weighted by atomic mass is 16.5. The molecule has 1 heterocycles. The largest absolute Gasteiger partial charge is 0.507 e. The predicted molar refractivity (Wildman–Crippen MR) is 140 cm³/mol. The minimum Gasteiger partial charge on any atom is -0.507 e. The van der Waals surface area contributed by atoms with Gasteiger partial charge in [0.15, 0.2) is 0 Å². The number of benzene rings is 3. The van der Waals surface area contributed by atoms with Crippen LogP contribution in [-0.2, 0) is 16.1 Å². The number of phenols is 1. The van der Waals surface area contributed by atoms with Crippen molar-refractivity contribution in [2.45, 2.75) is 33.0 Å². The molecule has 0 radical (unpaired) electrons. The number of fused-ring (bicyclic) bond motifs is 1. The fraction of sp³-hybridized carbons (Fsp3) is 0.233. The maximum Gasteiger partial charge on any atom is 0.338 e. The first-order valence-electron chi connectivity index (χ1n) is 11.8. The van der Waals surface area contributed by atoms with Crippen LogP contribution in [-0.4, -0.2) is 30.4 Å². The minimum atomic E-state index is -0.561. The molecule has 1 aliphatic heterocycles. The van der Waals surface area contributed by atoms with Crippen molar-refractivity contribution in [2.24, 2.45) is 0 Å². The van der Waals surface area contributed by atoms with Crippen molar-refractivity contribution in [3.8, 4) is 23.0 Å². The van der Waals surface area contributed by atoms with Crippen LogP contribution < -0.4 is 14.2 Å². The molecule has 3 aromatic rings. The van der Waals surface area contributed by atoms with Crippen molar-refractivity contribution in [1.29, 1.82) is 0 Å². The van der Waals surface area contributed by atoms with Crippen molar-refractivity contribution in [3.63, 3.8) is 0 Å². The molecule has 186 valence electrons. The van der Waals surface area contributed by atoms with Crippen LogP contribution in [0.5, 0.6) is 23.0 Å². The Balaban J connectivity index is 1.78. The number of esters is 1. The molecule has 0 fully saturated rings. The maximum absolute atomic E-state index is 12.9. The zero-order valence-corrected chi connectivity index (χ0v) is 20.9. The molecule has 0 bridgehead atoms. The van der Waals surface area contributed by atoms with Gasteiger partial charge in [0.05, 0.1) is 24.9 Å². The first-order chi connectivity index (χ1) is 17.3. The van der Waals surface area contributed by atoms with Crippen LogP contribution in [0.25, 0.3) is 17.7 Å². The molecule has 0 amide bonds. The molecule has 0 unspecified atom stereocenters. The fourth-order valence-corrected chi connectivity index (χ4v) is 3.92. The van der Waals surface area contributed by atoms with Crippen molar-refractivity contribution in [1.82, 2.24) is 0 Å². The van der Waals surface area contributed by atoms with Gasteiger partial charge in [0.2, 0.25) is 0 Å². The number of hydrogen-bond donors (Lipinski definition) is 1. The lowest BCUT2D eigenvalue weighted by molar-refractivity contribution is -0.133. The van der Waals surface area contributed by atoms with Crippen molar-refractivity contribution in [2.75, 3.05) is 13.7 Å². The van der Waals surface area contributed by atoms with Gasteiger partial charge in [0.25, 0.3) is 0 Å². The number of carbonyl (C=O) groups excluding carboxylic acids is 1. The highest BCUT2D eigenvalue weighted by Gasteiger charge is 2.25. The Hall–Kier alpha value is -4.19. The molecule has 6 heteroatoms. The maximum atomic E-state index is 12.9. The van der Waals surface area contributed by atoms with E-state index in [1.165, 1.54) is 7.11 Å². The summed E-state index contributed by atoms with van der Waals surface area (Å²) < 4.78 is 22.9. The first kappa shape index (κ1) is 24.9. The second-order valence-electron chi connectivity index (χ2n) is 8.87. The third kappa shape index (κ3) is 5.54. The average molecular weight is 487 g/mol. The standard InChI is InChI=1S/C30H30O6/c1-5-34-22-12-13-23(27(18-22)35-19-20-9-7-6-8-10-20)25(29(32)33-4)17-21-11-14-26-24(28(21)31)15-16-30(2,3)36-26/h6-18,31H,5,19H2,1-4H3. The number of methoxy groups -OCH3 is 1. The summed E-state index contributed by atoms with van der Waals surface area (Å²) in [5.41, 5.74) is 2.27. The third-order valence-corrected chi connectivity index (χ3v) is 5.73. The number of rotatable bonds is 8. The Morgan fingerprint density at radius 2 is 1.83 bits per heavy atom. The number of phenolic OH excluding ortho intramolecular Hbond substituents is 1. The van der Waals surface area contributed by atoms with Gasteiger partial charge in [-0.1, -0.05) is 30.3 Å². The van der Waals surface area contributed by atoms with E-state index in [0.29, 0.717) is 47.2 Å². The SMILES string of the molecule is CCOc1ccc(C(=Cc2ccc3c(c2O)C=CC(C)(C)O3)C(=O)OC)c(OCc2ccccc2)c1. The van der Waals surface area contributed by atoms with Crippen LogP contribution in [0.15, 0.2) is 66.7 Å². The molecule has 3 aromatic carbocycles. The Morgan fingerprint density at radius 1 is 1.06 bits per heavy atom. The molecule has 0 atom stereocenters. The number of hydrogen-bond acceptors (Lipinski definition) is 6. The van der Waals surface area contributed by atoms with E-state index >= 15 is 0 Å². The van der Waals surface area contributed by atoms with E-state index in [2.05, 4.69) is 0 Å². The van der Waals surface area contributed by atoms with E-state index in [1.807, 2.05) is 63.3 Å². The lowest BCUT2D eigenvalue weighted by atomic mass is 9.97. The lowest BCUT2D eigenvalue weighted by Gasteiger charge is -2.28. The zero-order chi connectivity index (χ0) is 25.7. The Labute approximate surface area is 211 Å². The number of ether oxygens (including phenoxy) is 4. The summed E-state index contributed by atoms with van der Waals surface area (Å²) in [6.45, 7) is 6.58. The van der Waals surface area contributed by atoms with Gasteiger partial charge in [-0.3, -0.25) is 0 Å². The van der Waals surface area contributed by atoms with Crippen molar-refractivity contribution >= 4 is 23.7 Å². The molecule has 0 saturated carbocycles. The third-order valence-electron chi connectivity index (χ3n) is 5.73. The van der Waals surface area contributed by atoms with Gasteiger partial charge in [-0.05, 0) is 68.8 Å². The Bertz CT molecular complexity index is 1300. The quantitative estimate of drug-likeness (QED) is 0.230. The monoisotopic (exact) mass is 486 g/mol. The Kier molecular flexibility index (Phi) is 7.34. The summed E-state index contributed by atoms with van der Waals surface area (Å²) in [7, 11) is 1.32. The Morgan fingerprint density at radius 3 is 2.56 bits per heavy atom. The van der Waals surface area contributed by atoms with E-state index in [0.717, 1.165) is 5.56 Å². The second-order valence-corrected chi connectivity index (χ2v) is 8.87. The smallest absolute Gasteiger partial charge is 0.338 e. The molecular weight excluding hydrogens is 456 g/mol. The van der Waals surface area contributed by atoms with E-state index in [9.17, 15) is 9.90 Å². The summed E-state index contributed by atoms with van der Waals surface area (Å²) in [4.78, 5) is 12.9. The normalized spacial score (nSPS) is 13.9. The molecule has 4 rings (SSSR count). The molecule has 0 aliphatic carbocycles. The van der Waals surface area contributed by atoms with Crippen LogP contribution >= 0.6 is 0 Å². The topological polar surface area (TPSA) is 74.2 Å². The van der Waals surface area contributed by atoms with Gasteiger partial charge in [0, 0.05) is 17.2 Å². The van der Waals surface area contributed by atoms with Gasteiger partial charge >= 0.3 is 5.97 Å². The van der Waals surface area contributed by atoms with Crippen LogP contribution in [0.1, 0.15) is 43.0 Å². The molecule has 6 nitrogen and oxygen atoms in total. The van der Waals surface area contributed by atoms with Crippen LogP contribution in [0.4, 0.5) is 0 Å². The summed E-state index contributed by atoms with van der Waals surface area (Å²) >= 11 is 0. The molecule has 1 N–H and O–H groups in total. The van der Waals surface area contributed by atoms with Crippen molar-refractivity contribution < 1.29 is 28.8 Å². The first-order valence-corrected chi connectivity index (χ1v) is 11.8. The molecule has 0 spiro atoms. The minimum absolute atomic E-state index is 0.0124. The van der Waals surface area contributed by atoms with Gasteiger partial charge in [-0.25, -0.2) is 4.79 Å². The molecule has 36 heavy (non-hydrogen) atoms. The van der Waals surface area contributed by atoms with Crippen LogP contribution in [0.2, 0.25) is 0 Å². The van der Waals surface area contributed by atoms with Gasteiger partial charge in [-0.2, -0.15) is 0 Å². The summed E-state index contributed by atoms with van der Waals surface area (Å²) in [6, 6.07) is 18.5. The summed E-state index contributed by atoms with van der Waals surface area (Å²) in [5, 5.41) is 11.0. The van der Waals surface area contributed by atoms with E-state index < -0.39 is 11.6 Å². The van der Waals surface area contributed by atoms with Crippen LogP contribution in [0.3, 0.4) is 0 Å².